The summed E-state index contributed by atoms with van der Waals surface area (Å²) in [6.45, 7) is 12.0. The van der Waals surface area contributed by atoms with E-state index in [9.17, 15) is 9.59 Å². The molecule has 2 N–H and O–H groups in total. The molecule has 2 heterocycles. The van der Waals surface area contributed by atoms with Gasteiger partial charge in [-0.1, -0.05) is 20.8 Å². The van der Waals surface area contributed by atoms with Gasteiger partial charge in [-0.15, -0.1) is 11.3 Å². The van der Waals surface area contributed by atoms with Crippen molar-refractivity contribution >= 4 is 23.0 Å². The topological polar surface area (TPSA) is 74.8 Å². The highest BCUT2D eigenvalue weighted by Crippen LogP contribution is 2.24. The van der Waals surface area contributed by atoms with Crippen LogP contribution >= 0.6 is 11.3 Å². The van der Waals surface area contributed by atoms with Crippen molar-refractivity contribution in [1.29, 1.82) is 0 Å². The van der Waals surface area contributed by atoms with Crippen LogP contribution in [0.3, 0.4) is 0 Å². The lowest BCUT2D eigenvalue weighted by molar-refractivity contribution is 0.0948. The van der Waals surface area contributed by atoms with Crippen LogP contribution < -0.4 is 5.32 Å². The molecule has 0 aromatic carbocycles. The fourth-order valence-corrected chi connectivity index (χ4v) is 3.67. The maximum Gasteiger partial charge on any atom is 0.268 e. The number of aryl methyl sites for hydroxylation is 1. The van der Waals surface area contributed by atoms with E-state index in [0.717, 1.165) is 16.4 Å². The lowest BCUT2D eigenvalue weighted by Crippen LogP contribution is -2.26. The van der Waals surface area contributed by atoms with Gasteiger partial charge in [0.25, 0.3) is 5.91 Å². The van der Waals surface area contributed by atoms with Crippen LogP contribution in [0.4, 0.5) is 0 Å². The molecule has 6 heteroatoms. The number of thiazole rings is 1. The predicted octanol–water partition coefficient (Wildman–Crippen LogP) is 3.56. The van der Waals surface area contributed by atoms with Gasteiger partial charge in [0, 0.05) is 35.0 Å². The third-order valence-corrected chi connectivity index (χ3v) is 4.87. The molecule has 1 amide bonds. The van der Waals surface area contributed by atoms with Gasteiger partial charge in [-0.05, 0) is 26.3 Å². The van der Waals surface area contributed by atoms with Crippen molar-refractivity contribution < 1.29 is 9.59 Å². The molecule has 0 atom stereocenters. The summed E-state index contributed by atoms with van der Waals surface area (Å²) in [7, 11) is 0. The Hall–Kier alpha value is -1.95. The SMILES string of the molecule is CC(=O)c1c(C)[nH]c(C(=O)NCCc2nc(C(C)(C)C)cs2)c1C. The second kappa shape index (κ2) is 6.89. The van der Waals surface area contributed by atoms with Gasteiger partial charge in [0.2, 0.25) is 0 Å². The Balaban J connectivity index is 1.98. The minimum Gasteiger partial charge on any atom is -0.354 e. The van der Waals surface area contributed by atoms with Gasteiger partial charge < -0.3 is 10.3 Å². The molecule has 0 radical (unpaired) electrons. The number of aromatic nitrogens is 2. The fraction of sp³-hybridized carbons (Fsp3) is 0.500. The highest BCUT2D eigenvalue weighted by molar-refractivity contribution is 7.09. The zero-order chi connectivity index (χ0) is 18.1. The Bertz CT molecular complexity index is 766. The number of aromatic amines is 1. The van der Waals surface area contributed by atoms with Crippen molar-refractivity contribution in [3.63, 3.8) is 0 Å². The van der Waals surface area contributed by atoms with Crippen molar-refractivity contribution in [2.24, 2.45) is 0 Å². The third kappa shape index (κ3) is 3.93. The maximum absolute atomic E-state index is 12.3. The number of hydrogen-bond donors (Lipinski definition) is 2. The van der Waals surface area contributed by atoms with Crippen LogP contribution in [0.25, 0.3) is 0 Å². The second-order valence-corrected chi connectivity index (χ2v) is 8.01. The van der Waals surface area contributed by atoms with Gasteiger partial charge in [-0.2, -0.15) is 0 Å². The molecular weight excluding hydrogens is 322 g/mol. The molecule has 2 rings (SSSR count). The summed E-state index contributed by atoms with van der Waals surface area (Å²) < 4.78 is 0. The van der Waals surface area contributed by atoms with Crippen molar-refractivity contribution in [3.05, 3.63) is 38.6 Å². The van der Waals surface area contributed by atoms with E-state index in [1.54, 1.807) is 18.3 Å². The van der Waals surface area contributed by atoms with E-state index in [0.29, 0.717) is 29.8 Å². The summed E-state index contributed by atoms with van der Waals surface area (Å²) in [4.78, 5) is 31.6. The molecule has 0 aliphatic heterocycles. The van der Waals surface area contributed by atoms with Crippen LogP contribution in [-0.2, 0) is 11.8 Å². The molecular formula is C18H25N3O2S. The molecule has 2 aromatic rings. The Morgan fingerprint density at radius 1 is 1.29 bits per heavy atom. The van der Waals surface area contributed by atoms with Crippen LogP contribution in [-0.4, -0.2) is 28.2 Å². The average Bonchev–Trinajstić information content (AvgIpc) is 3.03. The van der Waals surface area contributed by atoms with E-state index in [1.165, 1.54) is 6.92 Å². The number of Topliss-reactive ketones (excluding diaryl/α,β-unsaturated/α-hetero) is 1. The van der Waals surface area contributed by atoms with Crippen LogP contribution in [0.5, 0.6) is 0 Å². The zero-order valence-corrected chi connectivity index (χ0v) is 16.0. The smallest absolute Gasteiger partial charge is 0.268 e. The van der Waals surface area contributed by atoms with E-state index < -0.39 is 0 Å². The highest BCUT2D eigenvalue weighted by Gasteiger charge is 2.20. The fourth-order valence-electron chi connectivity index (χ4n) is 2.65. The summed E-state index contributed by atoms with van der Waals surface area (Å²) in [5, 5.41) is 6.00. The summed E-state index contributed by atoms with van der Waals surface area (Å²) >= 11 is 1.62. The molecule has 2 aromatic heterocycles. The zero-order valence-electron chi connectivity index (χ0n) is 15.2. The van der Waals surface area contributed by atoms with E-state index in [4.69, 9.17) is 0 Å². The minimum absolute atomic E-state index is 0.0298. The molecule has 5 nitrogen and oxygen atoms in total. The molecule has 0 bridgehead atoms. The Morgan fingerprint density at radius 2 is 1.96 bits per heavy atom. The van der Waals surface area contributed by atoms with Gasteiger partial charge in [0.05, 0.1) is 10.7 Å². The molecule has 0 saturated carbocycles. The van der Waals surface area contributed by atoms with Gasteiger partial charge in [0.1, 0.15) is 5.69 Å². The number of hydrogen-bond acceptors (Lipinski definition) is 4. The van der Waals surface area contributed by atoms with Crippen molar-refractivity contribution in [2.45, 2.75) is 53.4 Å². The average molecular weight is 347 g/mol. The number of carbonyl (C=O) groups excluding carboxylic acids is 2. The van der Waals surface area contributed by atoms with Gasteiger partial charge >= 0.3 is 0 Å². The number of nitrogens with one attached hydrogen (secondary N) is 2. The molecule has 0 fully saturated rings. The number of nitrogens with zero attached hydrogens (tertiary/aromatic N) is 1. The van der Waals surface area contributed by atoms with E-state index in [1.807, 2.05) is 6.92 Å². The van der Waals surface area contributed by atoms with Gasteiger partial charge in [0.15, 0.2) is 5.78 Å². The molecule has 24 heavy (non-hydrogen) atoms. The number of rotatable bonds is 5. The first-order valence-electron chi connectivity index (χ1n) is 8.04. The standard InChI is InChI=1S/C18H25N3O2S/c1-10-15(12(3)22)11(2)20-16(10)17(23)19-8-7-14-21-13(9-24-14)18(4,5)6/h9,20H,7-8H2,1-6H3,(H,19,23). The van der Waals surface area contributed by atoms with Crippen molar-refractivity contribution in [2.75, 3.05) is 6.54 Å². The van der Waals surface area contributed by atoms with E-state index >= 15 is 0 Å². The lowest BCUT2D eigenvalue weighted by atomic mass is 9.93. The molecule has 130 valence electrons. The van der Waals surface area contributed by atoms with Crippen LogP contribution in [0.15, 0.2) is 5.38 Å². The first-order chi connectivity index (χ1) is 11.1. The number of carbonyl (C=O) groups is 2. The summed E-state index contributed by atoms with van der Waals surface area (Å²) in [5.74, 6) is -0.214. The van der Waals surface area contributed by atoms with E-state index in [2.05, 4.69) is 41.4 Å². The Kier molecular flexibility index (Phi) is 5.28. The highest BCUT2D eigenvalue weighted by atomic mass is 32.1. The molecule has 0 unspecified atom stereocenters. The number of H-pyrrole nitrogens is 1. The minimum atomic E-state index is -0.185. The Morgan fingerprint density at radius 3 is 2.46 bits per heavy atom. The van der Waals surface area contributed by atoms with Crippen molar-refractivity contribution in [3.8, 4) is 0 Å². The summed E-state index contributed by atoms with van der Waals surface area (Å²) in [6.07, 6.45) is 0.699. The lowest BCUT2D eigenvalue weighted by Gasteiger charge is -2.14. The molecule has 0 aliphatic rings. The predicted molar refractivity (Wildman–Crippen MR) is 97.1 cm³/mol. The number of ketones is 1. The first-order valence-corrected chi connectivity index (χ1v) is 8.92. The van der Waals surface area contributed by atoms with Crippen molar-refractivity contribution in [1.82, 2.24) is 15.3 Å². The van der Waals surface area contributed by atoms with Crippen LogP contribution in [0.1, 0.15) is 70.5 Å². The normalized spacial score (nSPS) is 11.6. The largest absolute Gasteiger partial charge is 0.354 e. The first kappa shape index (κ1) is 18.4. The Labute approximate surface area is 146 Å². The molecule has 0 saturated heterocycles. The van der Waals surface area contributed by atoms with E-state index in [-0.39, 0.29) is 17.1 Å². The second-order valence-electron chi connectivity index (χ2n) is 7.06. The third-order valence-electron chi connectivity index (χ3n) is 3.96. The van der Waals surface area contributed by atoms with Crippen LogP contribution in [0.2, 0.25) is 0 Å². The monoisotopic (exact) mass is 347 g/mol. The maximum atomic E-state index is 12.3. The number of amides is 1. The molecule has 0 spiro atoms. The van der Waals surface area contributed by atoms with Gasteiger partial charge in [-0.25, -0.2) is 4.98 Å². The molecule has 0 aliphatic carbocycles. The van der Waals surface area contributed by atoms with Gasteiger partial charge in [-0.3, -0.25) is 9.59 Å². The quantitative estimate of drug-likeness (QED) is 0.812. The summed E-state index contributed by atoms with van der Waals surface area (Å²) in [5.41, 5.74) is 3.64. The van der Waals surface area contributed by atoms with Crippen LogP contribution in [0, 0.1) is 13.8 Å². The summed E-state index contributed by atoms with van der Waals surface area (Å²) in [6, 6.07) is 0.